The third-order valence-electron chi connectivity index (χ3n) is 6.26. The average molecular weight is 557 g/mol. The van der Waals surface area contributed by atoms with Gasteiger partial charge in [0.2, 0.25) is 0 Å². The van der Waals surface area contributed by atoms with E-state index in [1.165, 1.54) is 0 Å². The number of ether oxygens (including phenoxy) is 2. The summed E-state index contributed by atoms with van der Waals surface area (Å²) in [4.78, 5) is 67.7. The molecule has 0 heterocycles. The van der Waals surface area contributed by atoms with Crippen LogP contribution in [0.15, 0.2) is 0 Å². The van der Waals surface area contributed by atoms with Crippen LogP contribution in [0.2, 0.25) is 0 Å². The average Bonchev–Trinajstić information content (AvgIpc) is 2.86. The Kier molecular flexibility index (Phi) is 23.7. The first kappa shape index (κ1) is 36.2. The van der Waals surface area contributed by atoms with Crippen molar-refractivity contribution in [3.63, 3.8) is 0 Å². The van der Waals surface area contributed by atoms with Gasteiger partial charge in [0.15, 0.2) is 0 Å². The molecule has 39 heavy (non-hydrogen) atoms. The fourth-order valence-corrected chi connectivity index (χ4v) is 4.03. The minimum Gasteiger partial charge on any atom is -0.481 e. The molecule has 2 N–H and O–H groups in total. The van der Waals surface area contributed by atoms with Crippen LogP contribution >= 0.6 is 0 Å². The lowest BCUT2D eigenvalue weighted by Gasteiger charge is -2.05. The Bertz CT molecular complexity index is 672. The van der Waals surface area contributed by atoms with Crippen molar-refractivity contribution in [2.75, 3.05) is 0 Å². The lowest BCUT2D eigenvalue weighted by Crippen LogP contribution is -2.12. The van der Waals surface area contributed by atoms with E-state index in [0.29, 0.717) is 38.5 Å². The van der Waals surface area contributed by atoms with Crippen LogP contribution in [0, 0.1) is 0 Å². The largest absolute Gasteiger partial charge is 0.481 e. The van der Waals surface area contributed by atoms with Gasteiger partial charge in [-0.05, 0) is 38.5 Å². The fourth-order valence-electron chi connectivity index (χ4n) is 4.03. The number of esters is 4. The summed E-state index contributed by atoms with van der Waals surface area (Å²) < 4.78 is 9.65. The van der Waals surface area contributed by atoms with Gasteiger partial charge in [0.05, 0.1) is 0 Å². The van der Waals surface area contributed by atoms with E-state index < -0.39 is 35.8 Å². The molecule has 10 nitrogen and oxygen atoms in total. The van der Waals surface area contributed by atoms with Crippen molar-refractivity contribution in [1.29, 1.82) is 0 Å². The van der Waals surface area contributed by atoms with Gasteiger partial charge in [-0.25, -0.2) is 0 Å². The first-order valence-corrected chi connectivity index (χ1v) is 14.6. The van der Waals surface area contributed by atoms with E-state index in [-0.39, 0.29) is 38.5 Å². The van der Waals surface area contributed by atoms with Gasteiger partial charge >= 0.3 is 35.8 Å². The number of hydrogen-bond donors (Lipinski definition) is 2. The smallest absolute Gasteiger partial charge is 0.313 e. The Morgan fingerprint density at radius 1 is 0.308 bits per heavy atom. The summed E-state index contributed by atoms with van der Waals surface area (Å²) in [6, 6.07) is 0. The lowest BCUT2D eigenvalue weighted by atomic mass is 10.1. The summed E-state index contributed by atoms with van der Waals surface area (Å²) in [7, 11) is 0. The summed E-state index contributed by atoms with van der Waals surface area (Å²) in [6.07, 6.45) is 14.6. The molecule has 0 aliphatic heterocycles. The molecule has 0 amide bonds. The van der Waals surface area contributed by atoms with Crippen molar-refractivity contribution in [2.45, 2.75) is 148 Å². The van der Waals surface area contributed by atoms with Gasteiger partial charge in [-0.2, -0.15) is 0 Å². The van der Waals surface area contributed by atoms with Gasteiger partial charge in [-0.1, -0.05) is 70.6 Å². The van der Waals surface area contributed by atoms with Crippen LogP contribution in [0.5, 0.6) is 0 Å². The first-order valence-electron chi connectivity index (χ1n) is 14.6. The molecule has 0 aliphatic rings. The maximum absolute atomic E-state index is 11.8. The molecule has 0 aliphatic carbocycles. The SMILES string of the molecule is O=C(O)CCCCCCCC(=O)OC(=O)CCCCCCCCCC(=O)OC(=O)CCCCCCCC(=O)O. The third kappa shape index (κ3) is 28.1. The van der Waals surface area contributed by atoms with Crippen molar-refractivity contribution < 1.29 is 48.5 Å². The Morgan fingerprint density at radius 3 is 0.692 bits per heavy atom. The number of carbonyl (C=O) groups excluding carboxylic acids is 4. The number of carboxylic acids is 2. The van der Waals surface area contributed by atoms with E-state index >= 15 is 0 Å². The van der Waals surface area contributed by atoms with Gasteiger partial charge in [0.25, 0.3) is 0 Å². The molecule has 0 aromatic rings. The van der Waals surface area contributed by atoms with Crippen LogP contribution in [0.25, 0.3) is 0 Å². The highest BCUT2D eigenvalue weighted by Gasteiger charge is 2.11. The molecule has 224 valence electrons. The third-order valence-corrected chi connectivity index (χ3v) is 6.26. The fraction of sp³-hybridized carbons (Fsp3) is 0.793. The van der Waals surface area contributed by atoms with Crippen LogP contribution in [-0.2, 0) is 38.2 Å². The zero-order valence-electron chi connectivity index (χ0n) is 23.4. The van der Waals surface area contributed by atoms with Crippen LogP contribution in [0.1, 0.15) is 148 Å². The summed E-state index contributed by atoms with van der Waals surface area (Å²) in [5, 5.41) is 17.1. The Labute approximate surface area is 232 Å². The van der Waals surface area contributed by atoms with Gasteiger partial charge in [-0.15, -0.1) is 0 Å². The van der Waals surface area contributed by atoms with Crippen molar-refractivity contribution in [1.82, 2.24) is 0 Å². The van der Waals surface area contributed by atoms with Crippen molar-refractivity contribution in [3.05, 3.63) is 0 Å². The molecular weight excluding hydrogens is 508 g/mol. The second-order valence-electron chi connectivity index (χ2n) is 9.99. The quantitative estimate of drug-likeness (QED) is 0.0705. The maximum Gasteiger partial charge on any atom is 0.313 e. The number of hydrogen-bond acceptors (Lipinski definition) is 8. The predicted molar refractivity (Wildman–Crippen MR) is 144 cm³/mol. The molecule has 0 spiro atoms. The Balaban J connectivity index is 3.50. The monoisotopic (exact) mass is 556 g/mol. The standard InChI is InChI=1S/C29H48O10/c30-24(31)18-12-6-4-10-16-22-28(36)38-26(34)20-14-8-2-1-3-9-15-21-27(35)39-29(37)23-17-11-5-7-13-19-25(32)33/h1-23H2,(H,30,31)(H,32,33). The molecule has 0 aromatic heterocycles. The summed E-state index contributed by atoms with van der Waals surface area (Å²) in [6.45, 7) is 0. The lowest BCUT2D eigenvalue weighted by molar-refractivity contribution is -0.161. The van der Waals surface area contributed by atoms with Crippen LogP contribution in [-0.4, -0.2) is 46.0 Å². The molecule has 0 rings (SSSR count). The second-order valence-corrected chi connectivity index (χ2v) is 9.99. The molecule has 0 fully saturated rings. The molecular formula is C29H48O10. The minimum absolute atomic E-state index is 0.166. The molecule has 0 atom stereocenters. The number of unbranched alkanes of at least 4 members (excludes halogenated alkanes) is 14. The zero-order valence-corrected chi connectivity index (χ0v) is 23.4. The van der Waals surface area contributed by atoms with E-state index in [1.54, 1.807) is 0 Å². The van der Waals surface area contributed by atoms with E-state index in [4.69, 9.17) is 19.7 Å². The van der Waals surface area contributed by atoms with E-state index in [2.05, 4.69) is 0 Å². The number of aliphatic carboxylic acids is 2. The van der Waals surface area contributed by atoms with E-state index in [0.717, 1.165) is 70.6 Å². The van der Waals surface area contributed by atoms with Gasteiger partial charge < -0.3 is 19.7 Å². The summed E-state index contributed by atoms with van der Waals surface area (Å²) in [5.74, 6) is -3.59. The molecule has 0 unspecified atom stereocenters. The number of carbonyl (C=O) groups is 6. The Hall–Kier alpha value is -2.78. The summed E-state index contributed by atoms with van der Waals surface area (Å²) >= 11 is 0. The van der Waals surface area contributed by atoms with E-state index in [9.17, 15) is 28.8 Å². The zero-order chi connectivity index (χ0) is 29.1. The molecule has 0 radical (unpaired) electrons. The van der Waals surface area contributed by atoms with E-state index in [1.807, 2.05) is 0 Å². The predicted octanol–water partition coefficient (Wildman–Crippen LogP) is 6.27. The van der Waals surface area contributed by atoms with Gasteiger partial charge in [-0.3, -0.25) is 28.8 Å². The van der Waals surface area contributed by atoms with Crippen molar-refractivity contribution in [3.8, 4) is 0 Å². The highest BCUT2D eigenvalue weighted by atomic mass is 16.6. The molecule has 0 saturated carbocycles. The van der Waals surface area contributed by atoms with Gasteiger partial charge in [0, 0.05) is 38.5 Å². The maximum atomic E-state index is 11.8. The van der Waals surface area contributed by atoms with Crippen LogP contribution in [0.4, 0.5) is 0 Å². The molecule has 0 aromatic carbocycles. The number of rotatable bonds is 26. The highest BCUT2D eigenvalue weighted by molar-refractivity contribution is 5.85. The normalized spacial score (nSPS) is 10.7. The Morgan fingerprint density at radius 2 is 0.487 bits per heavy atom. The molecule has 0 saturated heterocycles. The van der Waals surface area contributed by atoms with Crippen LogP contribution in [0.3, 0.4) is 0 Å². The first-order chi connectivity index (χ1) is 18.7. The molecule has 10 heteroatoms. The molecule has 0 bridgehead atoms. The number of carboxylic acid groups (broad SMARTS) is 2. The van der Waals surface area contributed by atoms with Gasteiger partial charge in [0.1, 0.15) is 0 Å². The second kappa shape index (κ2) is 25.5. The minimum atomic E-state index is -0.796. The summed E-state index contributed by atoms with van der Waals surface area (Å²) in [5.41, 5.74) is 0. The van der Waals surface area contributed by atoms with Crippen LogP contribution < -0.4 is 0 Å². The van der Waals surface area contributed by atoms with Crippen molar-refractivity contribution >= 4 is 35.8 Å². The highest BCUT2D eigenvalue weighted by Crippen LogP contribution is 2.12. The topological polar surface area (TPSA) is 161 Å². The van der Waals surface area contributed by atoms with Crippen molar-refractivity contribution in [2.24, 2.45) is 0 Å².